The third kappa shape index (κ3) is 4.78. The first kappa shape index (κ1) is 18.9. The second-order valence-corrected chi connectivity index (χ2v) is 6.03. The van der Waals surface area contributed by atoms with Gasteiger partial charge in [0.1, 0.15) is 17.3 Å². The van der Waals surface area contributed by atoms with Crippen molar-refractivity contribution in [1.82, 2.24) is 9.97 Å². The molecular weight excluding hydrogens is 312 g/mol. The molecule has 0 spiro atoms. The van der Waals surface area contributed by atoms with Gasteiger partial charge in [0.2, 0.25) is 0 Å². The van der Waals surface area contributed by atoms with E-state index in [0.717, 1.165) is 37.4 Å². The Morgan fingerprint density at radius 2 is 1.64 bits per heavy atom. The summed E-state index contributed by atoms with van der Waals surface area (Å²) < 4.78 is 0. The zero-order valence-electron chi connectivity index (χ0n) is 15.7. The van der Waals surface area contributed by atoms with Crippen molar-refractivity contribution in [3.8, 4) is 0 Å². The quantitative estimate of drug-likeness (QED) is 0.726. The molecule has 0 saturated carbocycles. The molecule has 5 nitrogen and oxygen atoms in total. The van der Waals surface area contributed by atoms with E-state index in [0.29, 0.717) is 18.1 Å². The van der Waals surface area contributed by atoms with E-state index in [-0.39, 0.29) is 5.91 Å². The third-order valence-corrected chi connectivity index (χ3v) is 3.98. The van der Waals surface area contributed by atoms with E-state index in [1.807, 2.05) is 50.2 Å². The van der Waals surface area contributed by atoms with Crippen LogP contribution in [0.15, 0.2) is 36.4 Å². The topological polar surface area (TPSA) is 49.3 Å². The number of hydrogen-bond acceptors (Lipinski definition) is 4. The van der Waals surface area contributed by atoms with Gasteiger partial charge in [-0.3, -0.25) is 4.79 Å². The molecule has 0 aliphatic carbocycles. The van der Waals surface area contributed by atoms with E-state index in [4.69, 9.17) is 0 Å². The molecule has 1 aromatic heterocycles. The minimum absolute atomic E-state index is 0.0894. The molecule has 2 aromatic rings. The first-order valence-corrected chi connectivity index (χ1v) is 9.08. The monoisotopic (exact) mass is 340 g/mol. The highest BCUT2D eigenvalue weighted by Crippen LogP contribution is 2.19. The van der Waals surface area contributed by atoms with Crippen molar-refractivity contribution >= 4 is 17.4 Å². The standard InChI is InChI=1S/C20H28N4O/c1-5-13-23(14-6-2)19-15-18(21-16(4)22-19)20(25)24(7-3)17-11-9-8-10-12-17/h8-12,15H,5-7,13-14H2,1-4H3. The predicted molar refractivity (Wildman–Crippen MR) is 103 cm³/mol. The second kappa shape index (κ2) is 9.16. The summed E-state index contributed by atoms with van der Waals surface area (Å²) in [5.41, 5.74) is 1.33. The lowest BCUT2D eigenvalue weighted by Gasteiger charge is -2.24. The zero-order valence-corrected chi connectivity index (χ0v) is 15.7. The SMILES string of the molecule is CCCN(CCC)c1cc(C(=O)N(CC)c2ccccc2)nc(C)n1. The van der Waals surface area contributed by atoms with Gasteiger partial charge in [0.05, 0.1) is 0 Å². The molecule has 0 fully saturated rings. The molecule has 2 rings (SSSR count). The average Bonchev–Trinajstić information content (AvgIpc) is 2.62. The highest BCUT2D eigenvalue weighted by molar-refractivity contribution is 6.05. The summed E-state index contributed by atoms with van der Waals surface area (Å²) >= 11 is 0. The number of amides is 1. The summed E-state index contributed by atoms with van der Waals surface area (Å²) in [6.07, 6.45) is 2.08. The van der Waals surface area contributed by atoms with E-state index >= 15 is 0 Å². The maximum atomic E-state index is 13.0. The van der Waals surface area contributed by atoms with Gasteiger partial charge in [-0.05, 0) is 38.8 Å². The molecule has 0 bridgehead atoms. The fourth-order valence-electron chi connectivity index (χ4n) is 2.89. The fraction of sp³-hybridized carbons (Fsp3) is 0.450. The molecule has 5 heteroatoms. The van der Waals surface area contributed by atoms with E-state index in [9.17, 15) is 4.79 Å². The number of hydrogen-bond donors (Lipinski definition) is 0. The molecule has 25 heavy (non-hydrogen) atoms. The van der Waals surface area contributed by atoms with Crippen LogP contribution in [0.25, 0.3) is 0 Å². The summed E-state index contributed by atoms with van der Waals surface area (Å²) in [5, 5.41) is 0. The Bertz CT molecular complexity index is 681. The number of rotatable bonds is 8. The Morgan fingerprint density at radius 3 is 2.20 bits per heavy atom. The van der Waals surface area contributed by atoms with Crippen LogP contribution >= 0.6 is 0 Å². The molecule has 0 N–H and O–H groups in total. The Hall–Kier alpha value is -2.43. The first-order chi connectivity index (χ1) is 12.1. The number of para-hydroxylation sites is 1. The van der Waals surface area contributed by atoms with Gasteiger partial charge in [-0.2, -0.15) is 0 Å². The van der Waals surface area contributed by atoms with Gasteiger partial charge in [0.15, 0.2) is 0 Å². The lowest BCUT2D eigenvalue weighted by molar-refractivity contribution is 0.0983. The van der Waals surface area contributed by atoms with Crippen molar-refractivity contribution in [2.45, 2.75) is 40.5 Å². The molecule has 1 amide bonds. The van der Waals surface area contributed by atoms with Gasteiger partial charge in [-0.25, -0.2) is 9.97 Å². The Balaban J connectivity index is 2.36. The number of carbonyl (C=O) groups is 1. The van der Waals surface area contributed by atoms with Crippen LogP contribution in [0.5, 0.6) is 0 Å². The highest BCUT2D eigenvalue weighted by atomic mass is 16.2. The smallest absolute Gasteiger partial charge is 0.277 e. The molecule has 1 heterocycles. The normalized spacial score (nSPS) is 10.6. The van der Waals surface area contributed by atoms with Crippen molar-refractivity contribution in [1.29, 1.82) is 0 Å². The van der Waals surface area contributed by atoms with Gasteiger partial charge >= 0.3 is 0 Å². The molecule has 0 atom stereocenters. The van der Waals surface area contributed by atoms with Crippen molar-refractivity contribution in [3.05, 3.63) is 47.9 Å². The highest BCUT2D eigenvalue weighted by Gasteiger charge is 2.20. The van der Waals surface area contributed by atoms with E-state index in [1.54, 1.807) is 4.90 Å². The van der Waals surface area contributed by atoms with Crippen LogP contribution in [0, 0.1) is 6.92 Å². The molecule has 0 aliphatic rings. The Kier molecular flexibility index (Phi) is 6.92. The largest absolute Gasteiger partial charge is 0.357 e. The van der Waals surface area contributed by atoms with E-state index in [2.05, 4.69) is 28.7 Å². The number of anilines is 2. The predicted octanol–water partition coefficient (Wildman–Crippen LogP) is 4.08. The Labute approximate surface area is 150 Å². The lowest BCUT2D eigenvalue weighted by Crippen LogP contribution is -2.32. The lowest BCUT2D eigenvalue weighted by atomic mass is 10.2. The number of aromatic nitrogens is 2. The van der Waals surface area contributed by atoms with E-state index < -0.39 is 0 Å². The van der Waals surface area contributed by atoms with Crippen LogP contribution in [0.3, 0.4) is 0 Å². The van der Waals surface area contributed by atoms with Crippen LogP contribution in [-0.4, -0.2) is 35.5 Å². The molecule has 0 aliphatic heterocycles. The van der Waals surface area contributed by atoms with E-state index in [1.165, 1.54) is 0 Å². The fourth-order valence-corrected chi connectivity index (χ4v) is 2.89. The van der Waals surface area contributed by atoms with Gasteiger partial charge in [-0.15, -0.1) is 0 Å². The van der Waals surface area contributed by atoms with Crippen LogP contribution in [-0.2, 0) is 0 Å². The number of benzene rings is 1. The van der Waals surface area contributed by atoms with Crippen LogP contribution in [0.1, 0.15) is 49.9 Å². The van der Waals surface area contributed by atoms with Crippen LogP contribution in [0.2, 0.25) is 0 Å². The van der Waals surface area contributed by atoms with Gasteiger partial charge in [0, 0.05) is 31.4 Å². The number of nitrogens with zero attached hydrogens (tertiary/aromatic N) is 4. The average molecular weight is 340 g/mol. The Morgan fingerprint density at radius 1 is 1.00 bits per heavy atom. The van der Waals surface area contributed by atoms with Crippen molar-refractivity contribution in [2.75, 3.05) is 29.4 Å². The molecule has 1 aromatic carbocycles. The minimum atomic E-state index is -0.0894. The maximum Gasteiger partial charge on any atom is 0.277 e. The van der Waals surface area contributed by atoms with Gasteiger partial charge < -0.3 is 9.80 Å². The number of aryl methyl sites for hydroxylation is 1. The van der Waals surface area contributed by atoms with Gasteiger partial charge in [0.25, 0.3) is 5.91 Å². The van der Waals surface area contributed by atoms with Crippen LogP contribution in [0.4, 0.5) is 11.5 Å². The van der Waals surface area contributed by atoms with Crippen LogP contribution < -0.4 is 9.80 Å². The second-order valence-electron chi connectivity index (χ2n) is 6.03. The van der Waals surface area contributed by atoms with Crippen molar-refractivity contribution in [3.63, 3.8) is 0 Å². The van der Waals surface area contributed by atoms with Gasteiger partial charge in [-0.1, -0.05) is 32.0 Å². The van der Waals surface area contributed by atoms with Crippen molar-refractivity contribution in [2.24, 2.45) is 0 Å². The van der Waals surface area contributed by atoms with Crippen molar-refractivity contribution < 1.29 is 4.79 Å². The summed E-state index contributed by atoms with van der Waals surface area (Å²) in [4.78, 5) is 26.0. The summed E-state index contributed by atoms with van der Waals surface area (Å²) in [6.45, 7) is 10.6. The maximum absolute atomic E-state index is 13.0. The molecule has 134 valence electrons. The molecule has 0 saturated heterocycles. The molecule has 0 radical (unpaired) electrons. The summed E-state index contributed by atoms with van der Waals surface area (Å²) in [7, 11) is 0. The molecular formula is C20H28N4O. The first-order valence-electron chi connectivity index (χ1n) is 9.08. The summed E-state index contributed by atoms with van der Waals surface area (Å²) in [6, 6.07) is 11.5. The number of carbonyl (C=O) groups excluding carboxylic acids is 1. The minimum Gasteiger partial charge on any atom is -0.357 e. The molecule has 0 unspecified atom stereocenters. The third-order valence-electron chi connectivity index (χ3n) is 3.98. The summed E-state index contributed by atoms with van der Waals surface area (Å²) in [5.74, 6) is 1.37. The zero-order chi connectivity index (χ0) is 18.2.